The Hall–Kier alpha value is -2.57. The van der Waals surface area contributed by atoms with E-state index >= 15 is 0 Å². The fraction of sp³-hybridized carbons (Fsp3) is 0.827. The zero-order valence-corrected chi connectivity index (χ0v) is 56.4. The number of ether oxygens (including phenoxy) is 4. The van der Waals surface area contributed by atoms with Gasteiger partial charge < -0.3 is 65.1 Å². The SMILES string of the molecule is CC/C=C\C/C=C\C/C=C\C/C=C\CCCCCCCCCCCCCCCCCCCCCCCCC(=O)NC(COC1OC(CO)C(OC2OC(CO)C(O)C(O)C2O)C(O)C1O)C(O)/C=C/CC/C=C/CCCCCCCCCCCCCCCC. The number of allylic oxidation sites excluding steroid dienone is 11. The zero-order valence-electron chi connectivity index (χ0n) is 56.4. The molecule has 12 unspecified atom stereocenters. The highest BCUT2D eigenvalue weighted by atomic mass is 16.7. The molecular formula is C75H135NO13. The van der Waals surface area contributed by atoms with E-state index in [-0.39, 0.29) is 18.9 Å². The number of aliphatic hydroxyl groups is 8. The molecule has 2 aliphatic heterocycles. The topological polar surface area (TPSA) is 228 Å². The van der Waals surface area contributed by atoms with Crippen LogP contribution in [-0.2, 0) is 23.7 Å². The monoisotopic (exact) mass is 1260 g/mol. The number of amides is 1. The summed E-state index contributed by atoms with van der Waals surface area (Å²) in [6.07, 6.45) is 64.0. The Labute approximate surface area is 542 Å². The van der Waals surface area contributed by atoms with Crippen LogP contribution in [0.4, 0.5) is 0 Å². The van der Waals surface area contributed by atoms with Gasteiger partial charge in [0.05, 0.1) is 32.0 Å². The van der Waals surface area contributed by atoms with Crippen molar-refractivity contribution in [3.63, 3.8) is 0 Å². The molecule has 12 atom stereocenters. The fourth-order valence-electron chi connectivity index (χ4n) is 11.8. The molecule has 0 radical (unpaired) electrons. The van der Waals surface area contributed by atoms with Gasteiger partial charge >= 0.3 is 0 Å². The molecule has 0 spiro atoms. The molecule has 2 fully saturated rings. The van der Waals surface area contributed by atoms with Gasteiger partial charge in [0.2, 0.25) is 5.91 Å². The maximum atomic E-state index is 13.3. The third-order valence-electron chi connectivity index (χ3n) is 17.6. The molecule has 2 saturated heterocycles. The van der Waals surface area contributed by atoms with E-state index in [1.807, 2.05) is 6.08 Å². The predicted molar refractivity (Wildman–Crippen MR) is 364 cm³/mol. The summed E-state index contributed by atoms with van der Waals surface area (Å²) in [4.78, 5) is 13.3. The average molecular weight is 1260 g/mol. The van der Waals surface area contributed by atoms with E-state index in [1.54, 1.807) is 6.08 Å². The molecule has 0 aromatic heterocycles. The number of aliphatic hydroxyl groups excluding tert-OH is 8. The van der Waals surface area contributed by atoms with Crippen molar-refractivity contribution < 1.29 is 64.6 Å². The summed E-state index contributed by atoms with van der Waals surface area (Å²) in [5.41, 5.74) is 0. The van der Waals surface area contributed by atoms with Crippen LogP contribution >= 0.6 is 0 Å². The molecule has 1 amide bonds. The molecule has 2 aliphatic rings. The Balaban J connectivity index is 1.63. The molecule has 2 rings (SSSR count). The minimum absolute atomic E-state index is 0.245. The number of nitrogens with one attached hydrogen (secondary N) is 1. The van der Waals surface area contributed by atoms with Gasteiger partial charge in [0.15, 0.2) is 12.6 Å². The third-order valence-corrected chi connectivity index (χ3v) is 17.6. The van der Waals surface area contributed by atoms with E-state index < -0.39 is 86.8 Å². The minimum atomic E-state index is -1.79. The molecule has 2 heterocycles. The third kappa shape index (κ3) is 43.1. The summed E-state index contributed by atoms with van der Waals surface area (Å²) in [6, 6.07) is -0.933. The highest BCUT2D eigenvalue weighted by molar-refractivity contribution is 5.76. The first-order chi connectivity index (χ1) is 43.6. The summed E-state index contributed by atoms with van der Waals surface area (Å²) in [5.74, 6) is -0.245. The Morgan fingerprint density at radius 1 is 0.416 bits per heavy atom. The smallest absolute Gasteiger partial charge is 0.220 e. The first kappa shape index (κ1) is 82.5. The molecule has 0 saturated carbocycles. The summed E-state index contributed by atoms with van der Waals surface area (Å²) < 4.78 is 22.9. The van der Waals surface area contributed by atoms with E-state index in [1.165, 1.54) is 212 Å². The summed E-state index contributed by atoms with van der Waals surface area (Å²) in [5, 5.41) is 87.4. The first-order valence-corrected chi connectivity index (χ1v) is 36.7. The lowest BCUT2D eigenvalue weighted by molar-refractivity contribution is -0.359. The first-order valence-electron chi connectivity index (χ1n) is 36.7. The Kier molecular flexibility index (Phi) is 54.9. The number of carbonyl (C=O) groups is 1. The molecule has 14 heteroatoms. The second-order valence-electron chi connectivity index (χ2n) is 25.7. The van der Waals surface area contributed by atoms with Gasteiger partial charge in [-0.05, 0) is 70.6 Å². The Morgan fingerprint density at radius 2 is 0.787 bits per heavy atom. The van der Waals surface area contributed by atoms with Crippen molar-refractivity contribution in [2.24, 2.45) is 0 Å². The van der Waals surface area contributed by atoms with Gasteiger partial charge in [0, 0.05) is 6.42 Å². The zero-order chi connectivity index (χ0) is 64.5. The molecule has 9 N–H and O–H groups in total. The van der Waals surface area contributed by atoms with Gasteiger partial charge in [-0.2, -0.15) is 0 Å². The van der Waals surface area contributed by atoms with Crippen molar-refractivity contribution in [2.45, 2.75) is 376 Å². The lowest BCUT2D eigenvalue weighted by Gasteiger charge is -2.46. The molecule has 518 valence electrons. The lowest BCUT2D eigenvalue weighted by atomic mass is 9.97. The van der Waals surface area contributed by atoms with Crippen molar-refractivity contribution >= 4 is 5.91 Å². The fourth-order valence-corrected chi connectivity index (χ4v) is 11.8. The van der Waals surface area contributed by atoms with Gasteiger partial charge in [0.1, 0.15) is 48.8 Å². The van der Waals surface area contributed by atoms with Crippen molar-refractivity contribution in [2.75, 3.05) is 19.8 Å². The average Bonchev–Trinajstić information content (AvgIpc) is 3.62. The second kappa shape index (κ2) is 59.2. The van der Waals surface area contributed by atoms with Gasteiger partial charge in [-0.1, -0.05) is 299 Å². The van der Waals surface area contributed by atoms with Crippen LogP contribution < -0.4 is 5.32 Å². The molecular weight excluding hydrogens is 1120 g/mol. The Bertz CT molecular complexity index is 1770. The summed E-state index contributed by atoms with van der Waals surface area (Å²) in [6.45, 7) is 2.70. The van der Waals surface area contributed by atoms with Crippen molar-refractivity contribution in [3.05, 3.63) is 72.9 Å². The van der Waals surface area contributed by atoms with Crippen LogP contribution in [0, 0.1) is 0 Å². The second-order valence-corrected chi connectivity index (χ2v) is 25.7. The highest BCUT2D eigenvalue weighted by Gasteiger charge is 2.51. The lowest BCUT2D eigenvalue weighted by Crippen LogP contribution is -2.65. The van der Waals surface area contributed by atoms with Gasteiger partial charge in [-0.15, -0.1) is 0 Å². The molecule has 14 nitrogen and oxygen atoms in total. The number of hydrogen-bond donors (Lipinski definition) is 9. The van der Waals surface area contributed by atoms with E-state index in [0.29, 0.717) is 12.8 Å². The molecule has 0 aliphatic carbocycles. The molecule has 0 aromatic rings. The van der Waals surface area contributed by atoms with Crippen LogP contribution in [-0.4, -0.2) is 140 Å². The maximum absolute atomic E-state index is 13.3. The number of hydrogen-bond acceptors (Lipinski definition) is 13. The van der Waals surface area contributed by atoms with Crippen LogP contribution in [0.1, 0.15) is 303 Å². The van der Waals surface area contributed by atoms with Gasteiger partial charge in [0.25, 0.3) is 0 Å². The van der Waals surface area contributed by atoms with Crippen LogP contribution in [0.2, 0.25) is 0 Å². The predicted octanol–water partition coefficient (Wildman–Crippen LogP) is 15.4. The normalized spacial score (nSPS) is 23.4. The number of carbonyl (C=O) groups excluding carboxylic acids is 1. The minimum Gasteiger partial charge on any atom is -0.394 e. The number of unbranched alkanes of at least 4 members (excludes halogenated alkanes) is 37. The van der Waals surface area contributed by atoms with Crippen molar-refractivity contribution in [1.29, 1.82) is 0 Å². The largest absolute Gasteiger partial charge is 0.394 e. The molecule has 89 heavy (non-hydrogen) atoms. The Morgan fingerprint density at radius 3 is 1.24 bits per heavy atom. The van der Waals surface area contributed by atoms with Crippen molar-refractivity contribution in [1.82, 2.24) is 5.32 Å². The summed E-state index contributed by atoms with van der Waals surface area (Å²) >= 11 is 0. The van der Waals surface area contributed by atoms with Gasteiger partial charge in [-0.3, -0.25) is 4.79 Å². The van der Waals surface area contributed by atoms with Crippen LogP contribution in [0.3, 0.4) is 0 Å². The standard InChI is InChI=1S/C75H135NO13/c1-3-5-7-9-11-13-15-17-19-21-23-25-26-27-28-29-30-31-32-33-34-35-36-37-38-39-41-43-45-47-49-51-53-55-57-59-67(80)76-63(64(79)58-56-54-52-50-48-46-44-42-40-24-22-20-18-16-14-12-10-8-6-4-2)62-86-74-72(85)70(83)73(66(61-78)88-74)89-75-71(84)69(82)68(81)65(60-77)87-75/h5,7,11,13,17,19,23,25,48,50,56,58,63-66,68-75,77-79,81-85H,3-4,6,8-10,12,14-16,18,20-22,24,26-47,49,51-55,57,59-62H2,1-2H3,(H,76,80)/b7-5-,13-11-,19-17-,25-23-,50-48+,58-56+. The molecule has 0 aromatic carbocycles. The maximum Gasteiger partial charge on any atom is 0.220 e. The van der Waals surface area contributed by atoms with Crippen LogP contribution in [0.25, 0.3) is 0 Å². The van der Waals surface area contributed by atoms with E-state index in [0.717, 1.165) is 57.8 Å². The highest BCUT2D eigenvalue weighted by Crippen LogP contribution is 2.30. The molecule has 0 bridgehead atoms. The van der Waals surface area contributed by atoms with E-state index in [4.69, 9.17) is 18.9 Å². The van der Waals surface area contributed by atoms with E-state index in [2.05, 4.69) is 79.9 Å². The van der Waals surface area contributed by atoms with Crippen LogP contribution in [0.5, 0.6) is 0 Å². The number of rotatable bonds is 60. The van der Waals surface area contributed by atoms with Gasteiger partial charge in [-0.25, -0.2) is 0 Å². The van der Waals surface area contributed by atoms with Crippen molar-refractivity contribution in [3.8, 4) is 0 Å². The van der Waals surface area contributed by atoms with Crippen LogP contribution in [0.15, 0.2) is 72.9 Å². The summed E-state index contributed by atoms with van der Waals surface area (Å²) in [7, 11) is 0. The van der Waals surface area contributed by atoms with E-state index in [9.17, 15) is 45.6 Å². The quantitative estimate of drug-likeness (QED) is 0.0204.